The molecule has 3 aromatic rings. The standard InChI is InChI=1S/C20H16N2O4S/c1-4-11-22-16-10-9-13(25-2)12-17(16)27-20(22)21-18(23)14-7-5-6-8-15(14)19(24)26-3/h1,5-10,12H,11H2,2-3H3. The maximum absolute atomic E-state index is 12.8. The topological polar surface area (TPSA) is 69.9 Å². The molecule has 1 aromatic heterocycles. The van der Waals surface area contributed by atoms with Crippen LogP contribution in [0.4, 0.5) is 0 Å². The number of aromatic nitrogens is 1. The summed E-state index contributed by atoms with van der Waals surface area (Å²) in [5.41, 5.74) is 1.19. The molecule has 136 valence electrons. The van der Waals surface area contributed by atoms with Crippen molar-refractivity contribution in [2.24, 2.45) is 4.99 Å². The van der Waals surface area contributed by atoms with E-state index >= 15 is 0 Å². The first-order valence-corrected chi connectivity index (χ1v) is 8.78. The van der Waals surface area contributed by atoms with Crippen LogP contribution in [-0.4, -0.2) is 30.7 Å². The minimum atomic E-state index is -0.591. The number of amides is 1. The second-order valence-corrected chi connectivity index (χ2v) is 6.47. The molecule has 0 saturated heterocycles. The van der Waals surface area contributed by atoms with Gasteiger partial charge in [-0.1, -0.05) is 29.4 Å². The lowest BCUT2D eigenvalue weighted by atomic mass is 10.1. The molecular weight excluding hydrogens is 364 g/mol. The maximum Gasteiger partial charge on any atom is 0.338 e. The van der Waals surface area contributed by atoms with E-state index < -0.39 is 11.9 Å². The van der Waals surface area contributed by atoms with E-state index in [1.165, 1.54) is 24.5 Å². The summed E-state index contributed by atoms with van der Waals surface area (Å²) < 4.78 is 12.6. The fourth-order valence-electron chi connectivity index (χ4n) is 2.61. The molecule has 3 rings (SSSR count). The van der Waals surface area contributed by atoms with Crippen molar-refractivity contribution in [3.8, 4) is 18.1 Å². The van der Waals surface area contributed by atoms with Crippen LogP contribution in [0.1, 0.15) is 20.7 Å². The number of hydrogen-bond acceptors (Lipinski definition) is 5. The molecule has 1 amide bonds. The van der Waals surface area contributed by atoms with Crippen LogP contribution in [0.15, 0.2) is 47.5 Å². The van der Waals surface area contributed by atoms with E-state index in [2.05, 4.69) is 10.9 Å². The largest absolute Gasteiger partial charge is 0.497 e. The first-order valence-electron chi connectivity index (χ1n) is 7.96. The summed E-state index contributed by atoms with van der Waals surface area (Å²) in [7, 11) is 2.85. The van der Waals surface area contributed by atoms with Crippen molar-refractivity contribution >= 4 is 33.4 Å². The fraction of sp³-hybridized carbons (Fsp3) is 0.150. The Hall–Kier alpha value is -3.37. The number of benzene rings is 2. The molecule has 0 bridgehead atoms. The number of nitrogens with zero attached hydrogens (tertiary/aromatic N) is 2. The highest BCUT2D eigenvalue weighted by Crippen LogP contribution is 2.23. The Balaban J connectivity index is 2.16. The first kappa shape index (κ1) is 18.4. The third-order valence-corrected chi connectivity index (χ3v) is 4.94. The summed E-state index contributed by atoms with van der Waals surface area (Å²) in [5.74, 6) is 2.14. The minimum absolute atomic E-state index is 0.167. The summed E-state index contributed by atoms with van der Waals surface area (Å²) in [4.78, 5) is 29.3. The van der Waals surface area contributed by atoms with Crippen LogP contribution in [-0.2, 0) is 11.3 Å². The number of rotatable bonds is 4. The summed E-state index contributed by atoms with van der Waals surface area (Å²) in [5, 5.41) is 0. The number of esters is 1. The normalized spacial score (nSPS) is 11.2. The van der Waals surface area contributed by atoms with Gasteiger partial charge in [0.25, 0.3) is 5.91 Å². The molecule has 2 aromatic carbocycles. The van der Waals surface area contributed by atoms with E-state index in [0.29, 0.717) is 10.6 Å². The van der Waals surface area contributed by atoms with Gasteiger partial charge in [-0.15, -0.1) is 6.42 Å². The molecular formula is C20H16N2O4S. The number of methoxy groups -OCH3 is 2. The molecule has 0 N–H and O–H groups in total. The van der Waals surface area contributed by atoms with Crippen LogP contribution in [0.25, 0.3) is 10.2 Å². The summed E-state index contributed by atoms with van der Waals surface area (Å²) >= 11 is 1.32. The van der Waals surface area contributed by atoms with Crippen molar-refractivity contribution in [2.75, 3.05) is 14.2 Å². The molecule has 0 aliphatic carbocycles. The van der Waals surface area contributed by atoms with Gasteiger partial charge in [0.2, 0.25) is 0 Å². The van der Waals surface area contributed by atoms with Gasteiger partial charge in [0.15, 0.2) is 4.80 Å². The Kier molecular flexibility index (Phi) is 5.38. The highest BCUT2D eigenvalue weighted by atomic mass is 32.1. The van der Waals surface area contributed by atoms with Gasteiger partial charge in [0.1, 0.15) is 5.75 Å². The second-order valence-electron chi connectivity index (χ2n) is 5.46. The quantitative estimate of drug-likeness (QED) is 0.516. The number of fused-ring (bicyclic) bond motifs is 1. The van der Waals surface area contributed by atoms with Gasteiger partial charge < -0.3 is 14.0 Å². The smallest absolute Gasteiger partial charge is 0.338 e. The Bertz CT molecular complexity index is 1130. The lowest BCUT2D eigenvalue weighted by Crippen LogP contribution is -2.17. The fourth-order valence-corrected chi connectivity index (χ4v) is 3.67. The van der Waals surface area contributed by atoms with Gasteiger partial charge in [-0.3, -0.25) is 4.79 Å². The van der Waals surface area contributed by atoms with Crippen molar-refractivity contribution < 1.29 is 19.1 Å². The zero-order chi connectivity index (χ0) is 19.4. The maximum atomic E-state index is 12.8. The van der Waals surface area contributed by atoms with E-state index in [1.807, 2.05) is 18.2 Å². The SMILES string of the molecule is C#CCn1c(=NC(=O)c2ccccc2C(=O)OC)sc2cc(OC)ccc21. The third kappa shape index (κ3) is 3.61. The molecule has 7 heteroatoms. The number of ether oxygens (including phenoxy) is 2. The molecule has 0 spiro atoms. The highest BCUT2D eigenvalue weighted by Gasteiger charge is 2.17. The summed E-state index contributed by atoms with van der Waals surface area (Å²) in [6, 6.07) is 11.9. The van der Waals surface area contributed by atoms with E-state index in [1.54, 1.807) is 29.9 Å². The zero-order valence-electron chi connectivity index (χ0n) is 14.8. The molecule has 1 heterocycles. The van der Waals surface area contributed by atoms with Gasteiger partial charge in [-0.05, 0) is 30.3 Å². The van der Waals surface area contributed by atoms with E-state index in [-0.39, 0.29) is 17.7 Å². The van der Waals surface area contributed by atoms with Gasteiger partial charge in [0.05, 0.1) is 42.1 Å². The van der Waals surface area contributed by atoms with Gasteiger partial charge >= 0.3 is 5.97 Å². The molecule has 6 nitrogen and oxygen atoms in total. The number of terminal acetylenes is 1. The van der Waals surface area contributed by atoms with Crippen LogP contribution in [0.2, 0.25) is 0 Å². The minimum Gasteiger partial charge on any atom is -0.497 e. The van der Waals surface area contributed by atoms with E-state index in [9.17, 15) is 9.59 Å². The average Bonchev–Trinajstić information content (AvgIpc) is 3.03. The molecule has 0 fully saturated rings. The van der Waals surface area contributed by atoms with Crippen LogP contribution in [0.5, 0.6) is 5.75 Å². The van der Waals surface area contributed by atoms with Gasteiger partial charge in [-0.2, -0.15) is 4.99 Å². The van der Waals surface area contributed by atoms with Crippen molar-refractivity contribution in [3.05, 3.63) is 58.4 Å². The van der Waals surface area contributed by atoms with Crippen molar-refractivity contribution in [1.29, 1.82) is 0 Å². The van der Waals surface area contributed by atoms with Crippen LogP contribution >= 0.6 is 11.3 Å². The Labute approximate surface area is 159 Å². The first-order chi connectivity index (χ1) is 13.1. The lowest BCUT2D eigenvalue weighted by molar-refractivity contribution is 0.0597. The Morgan fingerprint density at radius 3 is 2.59 bits per heavy atom. The molecule has 0 saturated carbocycles. The highest BCUT2D eigenvalue weighted by molar-refractivity contribution is 7.16. The van der Waals surface area contributed by atoms with Crippen molar-refractivity contribution in [1.82, 2.24) is 4.57 Å². The number of carbonyl (C=O) groups excluding carboxylic acids is 2. The predicted molar refractivity (Wildman–Crippen MR) is 103 cm³/mol. The molecule has 0 unspecified atom stereocenters. The van der Waals surface area contributed by atoms with Crippen LogP contribution in [0, 0.1) is 12.3 Å². The van der Waals surface area contributed by atoms with Gasteiger partial charge in [-0.25, -0.2) is 4.79 Å². The lowest BCUT2D eigenvalue weighted by Gasteiger charge is -2.04. The molecule has 0 aliphatic heterocycles. The number of hydrogen-bond donors (Lipinski definition) is 0. The van der Waals surface area contributed by atoms with Crippen molar-refractivity contribution in [3.63, 3.8) is 0 Å². The van der Waals surface area contributed by atoms with Crippen molar-refractivity contribution in [2.45, 2.75) is 6.54 Å². The molecule has 27 heavy (non-hydrogen) atoms. The van der Waals surface area contributed by atoms with E-state index in [4.69, 9.17) is 15.9 Å². The van der Waals surface area contributed by atoms with Gasteiger partial charge in [0, 0.05) is 0 Å². The molecule has 0 atom stereocenters. The summed E-state index contributed by atoms with van der Waals surface area (Å²) in [6.07, 6.45) is 5.48. The molecule has 0 aliphatic rings. The van der Waals surface area contributed by atoms with Crippen LogP contribution in [0.3, 0.4) is 0 Å². The van der Waals surface area contributed by atoms with E-state index in [0.717, 1.165) is 10.2 Å². The Morgan fingerprint density at radius 2 is 1.93 bits per heavy atom. The predicted octanol–water partition coefficient (Wildman–Crippen LogP) is 2.87. The average molecular weight is 380 g/mol. The molecule has 0 radical (unpaired) electrons. The number of carbonyl (C=O) groups is 2. The third-order valence-electron chi connectivity index (χ3n) is 3.90. The zero-order valence-corrected chi connectivity index (χ0v) is 15.6. The summed E-state index contributed by atoms with van der Waals surface area (Å²) in [6.45, 7) is 0.261. The monoisotopic (exact) mass is 380 g/mol. The second kappa shape index (κ2) is 7.89. The van der Waals surface area contributed by atoms with Crippen LogP contribution < -0.4 is 9.54 Å². The Morgan fingerprint density at radius 1 is 1.19 bits per heavy atom. The number of thiazole rings is 1.